The average molecular weight is 288 g/mol. The van der Waals surface area contributed by atoms with Crippen molar-refractivity contribution in [3.05, 3.63) is 36.0 Å². The molecule has 1 aromatic carbocycles. The zero-order valence-electron chi connectivity index (χ0n) is 11.5. The van der Waals surface area contributed by atoms with Crippen LogP contribution < -0.4 is 15.4 Å². The third kappa shape index (κ3) is 2.55. The van der Waals surface area contributed by atoms with Gasteiger partial charge in [-0.1, -0.05) is 12.1 Å². The molecule has 1 aliphatic heterocycles. The lowest BCUT2D eigenvalue weighted by atomic mass is 10.2. The normalized spacial score (nSPS) is 16.9. The number of hydrogen-bond acceptors (Lipinski definition) is 5. The molecule has 7 nitrogen and oxygen atoms in total. The summed E-state index contributed by atoms with van der Waals surface area (Å²) in [6.07, 6.45) is 1.59. The van der Waals surface area contributed by atoms with Gasteiger partial charge in [0, 0.05) is 0 Å². The predicted octanol–water partition coefficient (Wildman–Crippen LogP) is 0.665. The first-order valence-electron chi connectivity index (χ1n) is 6.58. The molecule has 2 aromatic rings. The van der Waals surface area contributed by atoms with Gasteiger partial charge in [0.05, 0.1) is 26.5 Å². The Hall–Kier alpha value is -2.54. The van der Waals surface area contributed by atoms with Crippen LogP contribution in [0, 0.1) is 0 Å². The van der Waals surface area contributed by atoms with Crippen LogP contribution in [0.4, 0.5) is 11.5 Å². The number of hydrogen-bond donors (Lipinski definition) is 3. The van der Waals surface area contributed by atoms with E-state index in [1.807, 2.05) is 24.3 Å². The van der Waals surface area contributed by atoms with E-state index in [4.69, 9.17) is 4.74 Å². The van der Waals surface area contributed by atoms with E-state index < -0.39 is 6.04 Å². The van der Waals surface area contributed by atoms with Crippen molar-refractivity contribution in [2.75, 3.05) is 24.4 Å². The van der Waals surface area contributed by atoms with Crippen LogP contribution in [0.25, 0.3) is 0 Å². The maximum atomic E-state index is 11.6. The Morgan fingerprint density at radius 3 is 2.81 bits per heavy atom. The minimum atomic E-state index is -0.649. The number of carbonyl (C=O) groups excluding carboxylic acids is 1. The highest BCUT2D eigenvalue weighted by molar-refractivity contribution is 6.02. The van der Waals surface area contributed by atoms with Crippen molar-refractivity contribution < 1.29 is 14.6 Å². The standard InChI is InChI=1S/C14H16N4O3/c1-21-10-4-2-9(3-5-10)7-18-13-11(6-15-18)17-14(20)12(8-19)16-13/h2-6,12,16,19H,7-8H2,1H3,(H,17,20). The Morgan fingerprint density at radius 2 is 2.14 bits per heavy atom. The lowest BCUT2D eigenvalue weighted by Crippen LogP contribution is -2.41. The molecule has 2 heterocycles. The number of nitrogens with zero attached hydrogens (tertiary/aromatic N) is 2. The molecule has 110 valence electrons. The number of aliphatic hydroxyl groups is 1. The summed E-state index contributed by atoms with van der Waals surface area (Å²) in [7, 11) is 1.63. The number of nitrogens with one attached hydrogen (secondary N) is 2. The topological polar surface area (TPSA) is 88.4 Å². The zero-order chi connectivity index (χ0) is 14.8. The second kappa shape index (κ2) is 5.45. The summed E-state index contributed by atoms with van der Waals surface area (Å²) in [5, 5.41) is 19.2. The highest BCUT2D eigenvalue weighted by Crippen LogP contribution is 2.27. The molecule has 0 saturated heterocycles. The SMILES string of the molecule is COc1ccc(Cn2ncc3c2NC(CO)C(=O)N3)cc1. The van der Waals surface area contributed by atoms with Gasteiger partial charge in [0.15, 0.2) is 0 Å². The van der Waals surface area contributed by atoms with Crippen LogP contribution in [-0.2, 0) is 11.3 Å². The van der Waals surface area contributed by atoms with Gasteiger partial charge in [-0.3, -0.25) is 4.79 Å². The Balaban J connectivity index is 1.82. The van der Waals surface area contributed by atoms with Crippen molar-refractivity contribution in [1.82, 2.24) is 9.78 Å². The van der Waals surface area contributed by atoms with Crippen LogP contribution in [0.1, 0.15) is 5.56 Å². The molecular formula is C14H16N4O3. The molecule has 0 fully saturated rings. The fourth-order valence-electron chi connectivity index (χ4n) is 2.23. The Morgan fingerprint density at radius 1 is 1.38 bits per heavy atom. The molecule has 21 heavy (non-hydrogen) atoms. The Bertz CT molecular complexity index is 651. The first-order chi connectivity index (χ1) is 10.2. The summed E-state index contributed by atoms with van der Waals surface area (Å²) in [5.41, 5.74) is 1.68. The average Bonchev–Trinajstić information content (AvgIpc) is 2.89. The fourth-order valence-corrected chi connectivity index (χ4v) is 2.23. The van der Waals surface area contributed by atoms with E-state index in [0.717, 1.165) is 11.3 Å². The lowest BCUT2D eigenvalue weighted by Gasteiger charge is -2.23. The highest BCUT2D eigenvalue weighted by Gasteiger charge is 2.27. The number of aromatic nitrogens is 2. The number of ether oxygens (including phenoxy) is 1. The second-order valence-corrected chi connectivity index (χ2v) is 4.78. The van der Waals surface area contributed by atoms with Gasteiger partial charge in [0.2, 0.25) is 5.91 Å². The molecule has 0 radical (unpaired) electrons. The number of rotatable bonds is 4. The van der Waals surface area contributed by atoms with Crippen LogP contribution >= 0.6 is 0 Å². The third-order valence-electron chi connectivity index (χ3n) is 3.40. The summed E-state index contributed by atoms with van der Waals surface area (Å²) in [4.78, 5) is 11.6. The highest BCUT2D eigenvalue weighted by atomic mass is 16.5. The largest absolute Gasteiger partial charge is 0.497 e. The quantitative estimate of drug-likeness (QED) is 0.769. The van der Waals surface area contributed by atoms with E-state index in [9.17, 15) is 9.90 Å². The van der Waals surface area contributed by atoms with Gasteiger partial charge < -0.3 is 20.5 Å². The Kier molecular flexibility index (Phi) is 3.49. The molecule has 3 rings (SSSR count). The van der Waals surface area contributed by atoms with Gasteiger partial charge in [0.25, 0.3) is 0 Å². The van der Waals surface area contributed by atoms with E-state index in [1.165, 1.54) is 0 Å². The summed E-state index contributed by atoms with van der Waals surface area (Å²) in [6.45, 7) is 0.291. The first kappa shape index (κ1) is 13.4. The molecule has 0 aliphatic carbocycles. The number of anilines is 2. The molecule has 1 amide bonds. The van der Waals surface area contributed by atoms with Gasteiger partial charge >= 0.3 is 0 Å². The smallest absolute Gasteiger partial charge is 0.249 e. The number of fused-ring (bicyclic) bond motifs is 1. The van der Waals surface area contributed by atoms with Gasteiger partial charge in [-0.2, -0.15) is 5.10 Å². The third-order valence-corrected chi connectivity index (χ3v) is 3.40. The lowest BCUT2D eigenvalue weighted by molar-refractivity contribution is -0.117. The second-order valence-electron chi connectivity index (χ2n) is 4.78. The van der Waals surface area contributed by atoms with Crippen LogP contribution in [0.15, 0.2) is 30.5 Å². The van der Waals surface area contributed by atoms with Crippen molar-refractivity contribution >= 4 is 17.4 Å². The molecule has 7 heteroatoms. The van der Waals surface area contributed by atoms with Gasteiger partial charge in [-0.05, 0) is 17.7 Å². The number of amides is 1. The molecule has 1 unspecified atom stereocenters. The fraction of sp³-hybridized carbons (Fsp3) is 0.286. The minimum Gasteiger partial charge on any atom is -0.497 e. The van der Waals surface area contributed by atoms with Gasteiger partial charge in [-0.25, -0.2) is 4.68 Å². The van der Waals surface area contributed by atoms with Crippen LogP contribution in [0.5, 0.6) is 5.75 Å². The zero-order valence-corrected chi connectivity index (χ0v) is 11.5. The predicted molar refractivity (Wildman–Crippen MR) is 77.4 cm³/mol. The van der Waals surface area contributed by atoms with Crippen molar-refractivity contribution in [2.24, 2.45) is 0 Å². The van der Waals surface area contributed by atoms with Crippen LogP contribution in [-0.4, -0.2) is 40.6 Å². The van der Waals surface area contributed by atoms with Crippen LogP contribution in [0.2, 0.25) is 0 Å². The van der Waals surface area contributed by atoms with Gasteiger partial charge in [-0.15, -0.1) is 0 Å². The summed E-state index contributed by atoms with van der Waals surface area (Å²) >= 11 is 0. The monoisotopic (exact) mass is 288 g/mol. The summed E-state index contributed by atoms with van der Waals surface area (Å²) in [6, 6.07) is 7.03. The molecule has 1 aliphatic rings. The summed E-state index contributed by atoms with van der Waals surface area (Å²) in [5.74, 6) is 1.24. The van der Waals surface area contributed by atoms with Gasteiger partial charge in [0.1, 0.15) is 23.3 Å². The van der Waals surface area contributed by atoms with Crippen molar-refractivity contribution in [3.8, 4) is 5.75 Å². The van der Waals surface area contributed by atoms with E-state index in [-0.39, 0.29) is 12.5 Å². The van der Waals surface area contributed by atoms with E-state index in [1.54, 1.807) is 18.0 Å². The Labute approximate surface area is 121 Å². The molecule has 0 saturated carbocycles. The maximum Gasteiger partial charge on any atom is 0.249 e. The van der Waals surface area contributed by atoms with Crippen molar-refractivity contribution in [3.63, 3.8) is 0 Å². The molecule has 1 aromatic heterocycles. The molecule has 3 N–H and O–H groups in total. The molecule has 0 spiro atoms. The van der Waals surface area contributed by atoms with E-state index in [2.05, 4.69) is 15.7 Å². The van der Waals surface area contributed by atoms with E-state index in [0.29, 0.717) is 18.1 Å². The molecule has 0 bridgehead atoms. The number of benzene rings is 1. The van der Waals surface area contributed by atoms with E-state index >= 15 is 0 Å². The molecular weight excluding hydrogens is 272 g/mol. The molecule has 1 atom stereocenters. The first-order valence-corrected chi connectivity index (χ1v) is 6.58. The van der Waals surface area contributed by atoms with Crippen molar-refractivity contribution in [2.45, 2.75) is 12.6 Å². The summed E-state index contributed by atoms with van der Waals surface area (Å²) < 4.78 is 6.87. The minimum absolute atomic E-state index is 0.256. The number of carbonyl (C=O) groups is 1. The van der Waals surface area contributed by atoms with Crippen LogP contribution in [0.3, 0.4) is 0 Å². The number of methoxy groups -OCH3 is 1. The maximum absolute atomic E-state index is 11.6. The van der Waals surface area contributed by atoms with Crippen molar-refractivity contribution in [1.29, 1.82) is 0 Å². The number of aliphatic hydroxyl groups excluding tert-OH is 1.